The summed E-state index contributed by atoms with van der Waals surface area (Å²) in [6, 6.07) is 11.8. The van der Waals surface area contributed by atoms with Crippen molar-refractivity contribution < 1.29 is 9.18 Å². The van der Waals surface area contributed by atoms with Crippen LogP contribution in [0.4, 0.5) is 15.8 Å². The van der Waals surface area contributed by atoms with Gasteiger partial charge in [-0.2, -0.15) is 0 Å². The highest BCUT2D eigenvalue weighted by molar-refractivity contribution is 9.10. The monoisotopic (exact) mass is 307 g/mol. The number of rotatable bonds is 3. The van der Waals surface area contributed by atoms with Crippen LogP contribution in [0.15, 0.2) is 46.9 Å². The summed E-state index contributed by atoms with van der Waals surface area (Å²) in [4.78, 5) is 12.7. The van der Waals surface area contributed by atoms with E-state index >= 15 is 0 Å². The van der Waals surface area contributed by atoms with Crippen LogP contribution in [0.2, 0.25) is 0 Å². The first-order valence-corrected chi connectivity index (χ1v) is 6.16. The molecule has 4 heteroatoms. The van der Waals surface area contributed by atoms with Crippen molar-refractivity contribution in [1.29, 1.82) is 0 Å². The first-order chi connectivity index (χ1) is 8.63. The fraction of sp³-hybridized carbons (Fsp3) is 0.0714. The van der Waals surface area contributed by atoms with Crippen molar-refractivity contribution in [2.45, 2.75) is 0 Å². The maximum atomic E-state index is 13.7. The summed E-state index contributed by atoms with van der Waals surface area (Å²) < 4.78 is 14.5. The number of aldehydes is 1. The van der Waals surface area contributed by atoms with Crippen LogP contribution in [0, 0.1) is 5.82 Å². The molecule has 0 heterocycles. The third-order valence-corrected chi connectivity index (χ3v) is 3.18. The molecule has 0 saturated heterocycles. The Morgan fingerprint density at radius 1 is 1.17 bits per heavy atom. The average Bonchev–Trinajstić information content (AvgIpc) is 2.38. The first kappa shape index (κ1) is 12.8. The molecule has 2 rings (SSSR count). The second-order valence-corrected chi connectivity index (χ2v) is 4.75. The van der Waals surface area contributed by atoms with Crippen molar-refractivity contribution in [2.24, 2.45) is 0 Å². The zero-order chi connectivity index (χ0) is 13.1. The van der Waals surface area contributed by atoms with Gasteiger partial charge < -0.3 is 4.90 Å². The topological polar surface area (TPSA) is 20.3 Å². The van der Waals surface area contributed by atoms with Gasteiger partial charge in [-0.25, -0.2) is 4.39 Å². The molecule has 0 fully saturated rings. The summed E-state index contributed by atoms with van der Waals surface area (Å²) in [5.74, 6) is -0.320. The number of carbonyl (C=O) groups excluding carboxylic acids is 1. The molecule has 2 aromatic carbocycles. The van der Waals surface area contributed by atoms with Gasteiger partial charge in [-0.1, -0.05) is 28.1 Å². The van der Waals surface area contributed by atoms with Crippen LogP contribution < -0.4 is 4.90 Å². The second kappa shape index (κ2) is 5.31. The van der Waals surface area contributed by atoms with Gasteiger partial charge in [-0.15, -0.1) is 0 Å². The normalized spacial score (nSPS) is 10.2. The third kappa shape index (κ3) is 2.43. The molecule has 0 saturated carbocycles. The van der Waals surface area contributed by atoms with Crippen LogP contribution in [0.25, 0.3) is 0 Å². The number of hydrogen-bond donors (Lipinski definition) is 0. The standard InChI is InChI=1S/C14H11BrFNO/c1-17(14-5-3-2-4-12(14)16)13-7-6-11(15)8-10(13)9-18/h2-9H,1H3. The van der Waals surface area contributed by atoms with E-state index in [4.69, 9.17) is 0 Å². The lowest BCUT2D eigenvalue weighted by molar-refractivity contribution is 0.112. The molecule has 0 unspecified atom stereocenters. The molecule has 2 nitrogen and oxygen atoms in total. The van der Waals surface area contributed by atoms with Gasteiger partial charge in [0.15, 0.2) is 6.29 Å². The predicted molar refractivity (Wildman–Crippen MR) is 74.0 cm³/mol. The predicted octanol–water partition coefficient (Wildman–Crippen LogP) is 4.17. The van der Waals surface area contributed by atoms with Crippen LogP contribution in [0.5, 0.6) is 0 Å². The summed E-state index contributed by atoms with van der Waals surface area (Å²) in [5, 5.41) is 0. The fourth-order valence-electron chi connectivity index (χ4n) is 1.78. The molecule has 0 spiro atoms. The molecule has 0 aliphatic heterocycles. The maximum Gasteiger partial charge on any atom is 0.152 e. The minimum atomic E-state index is -0.320. The van der Waals surface area contributed by atoms with Crippen molar-refractivity contribution in [1.82, 2.24) is 0 Å². The van der Waals surface area contributed by atoms with Crippen LogP contribution in [-0.2, 0) is 0 Å². The number of anilines is 2. The van der Waals surface area contributed by atoms with Crippen LogP contribution in [0.3, 0.4) is 0 Å². The summed E-state index contributed by atoms with van der Waals surface area (Å²) in [6.07, 6.45) is 0.761. The molecule has 0 radical (unpaired) electrons. The van der Waals surface area contributed by atoms with E-state index < -0.39 is 0 Å². The molecular weight excluding hydrogens is 297 g/mol. The minimum absolute atomic E-state index is 0.320. The SMILES string of the molecule is CN(c1ccccc1F)c1ccc(Br)cc1C=O. The minimum Gasteiger partial charge on any atom is -0.342 e. The van der Waals surface area contributed by atoms with Crippen LogP contribution in [0.1, 0.15) is 10.4 Å². The number of benzene rings is 2. The zero-order valence-corrected chi connectivity index (χ0v) is 11.3. The van der Waals surface area contributed by atoms with Gasteiger partial charge in [0.25, 0.3) is 0 Å². The van der Waals surface area contributed by atoms with Gasteiger partial charge in [0.05, 0.1) is 11.4 Å². The molecule has 92 valence electrons. The van der Waals surface area contributed by atoms with Gasteiger partial charge in [0.2, 0.25) is 0 Å². The second-order valence-electron chi connectivity index (χ2n) is 3.83. The maximum absolute atomic E-state index is 13.7. The van der Waals surface area contributed by atoms with E-state index in [1.54, 1.807) is 42.3 Å². The molecule has 0 bridgehead atoms. The van der Waals surface area contributed by atoms with Gasteiger partial charge in [-0.05, 0) is 30.3 Å². The lowest BCUT2D eigenvalue weighted by Crippen LogP contribution is -2.13. The summed E-state index contributed by atoms with van der Waals surface area (Å²) in [5.41, 5.74) is 1.61. The summed E-state index contributed by atoms with van der Waals surface area (Å²) in [6.45, 7) is 0. The fourth-order valence-corrected chi connectivity index (χ4v) is 2.16. The smallest absolute Gasteiger partial charge is 0.152 e. The van der Waals surface area contributed by atoms with E-state index in [0.29, 0.717) is 16.9 Å². The van der Waals surface area contributed by atoms with Gasteiger partial charge in [0.1, 0.15) is 5.82 Å². The number of para-hydroxylation sites is 1. The summed E-state index contributed by atoms with van der Waals surface area (Å²) in [7, 11) is 1.73. The van der Waals surface area contributed by atoms with E-state index in [0.717, 1.165) is 10.8 Å². The van der Waals surface area contributed by atoms with Gasteiger partial charge in [-0.3, -0.25) is 4.79 Å². The number of carbonyl (C=O) groups is 1. The Bertz CT molecular complexity index is 586. The highest BCUT2D eigenvalue weighted by atomic mass is 79.9. The Balaban J connectivity index is 2.49. The van der Waals surface area contributed by atoms with Gasteiger partial charge >= 0.3 is 0 Å². The van der Waals surface area contributed by atoms with E-state index in [9.17, 15) is 9.18 Å². The Morgan fingerprint density at radius 2 is 1.89 bits per heavy atom. The van der Waals surface area contributed by atoms with E-state index in [1.165, 1.54) is 6.07 Å². The third-order valence-electron chi connectivity index (χ3n) is 2.69. The Hall–Kier alpha value is -1.68. The lowest BCUT2D eigenvalue weighted by atomic mass is 10.1. The Kier molecular flexibility index (Phi) is 3.77. The van der Waals surface area contributed by atoms with Crippen molar-refractivity contribution in [3.8, 4) is 0 Å². The molecule has 0 N–H and O–H groups in total. The zero-order valence-electron chi connectivity index (χ0n) is 9.73. The molecule has 0 aromatic heterocycles. The Morgan fingerprint density at radius 3 is 2.56 bits per heavy atom. The lowest BCUT2D eigenvalue weighted by Gasteiger charge is -2.21. The molecular formula is C14H11BrFNO. The largest absolute Gasteiger partial charge is 0.342 e. The Labute approximate surface area is 113 Å². The number of nitrogens with zero attached hydrogens (tertiary/aromatic N) is 1. The van der Waals surface area contributed by atoms with E-state index in [-0.39, 0.29) is 5.82 Å². The molecule has 0 aliphatic rings. The molecule has 0 atom stereocenters. The molecule has 18 heavy (non-hydrogen) atoms. The number of halogens is 2. The number of hydrogen-bond acceptors (Lipinski definition) is 2. The van der Waals surface area contributed by atoms with Crippen molar-refractivity contribution in [3.63, 3.8) is 0 Å². The average molecular weight is 308 g/mol. The van der Waals surface area contributed by atoms with Crippen LogP contribution in [-0.4, -0.2) is 13.3 Å². The van der Waals surface area contributed by atoms with E-state index in [2.05, 4.69) is 15.9 Å². The van der Waals surface area contributed by atoms with E-state index in [1.807, 2.05) is 6.07 Å². The molecule has 0 amide bonds. The first-order valence-electron chi connectivity index (χ1n) is 5.36. The summed E-state index contributed by atoms with van der Waals surface area (Å²) >= 11 is 3.31. The van der Waals surface area contributed by atoms with Crippen molar-refractivity contribution in [3.05, 3.63) is 58.3 Å². The van der Waals surface area contributed by atoms with Crippen LogP contribution >= 0.6 is 15.9 Å². The highest BCUT2D eigenvalue weighted by Gasteiger charge is 2.12. The van der Waals surface area contributed by atoms with Gasteiger partial charge in [0, 0.05) is 17.1 Å². The quantitative estimate of drug-likeness (QED) is 0.793. The van der Waals surface area contributed by atoms with Crippen molar-refractivity contribution in [2.75, 3.05) is 11.9 Å². The highest BCUT2D eigenvalue weighted by Crippen LogP contribution is 2.29. The van der Waals surface area contributed by atoms with Crippen molar-refractivity contribution >= 4 is 33.6 Å². The molecule has 0 aliphatic carbocycles. The molecule has 2 aromatic rings.